The molecule has 1 unspecified atom stereocenters. The molecular weight excluding hydrogens is 458 g/mol. The summed E-state index contributed by atoms with van der Waals surface area (Å²) in [7, 11) is 0. The van der Waals surface area contributed by atoms with E-state index in [1.807, 2.05) is 43.3 Å². The second-order valence-corrected chi connectivity index (χ2v) is 8.69. The maximum Gasteiger partial charge on any atom is 0.340 e. The topological polar surface area (TPSA) is 110 Å². The average Bonchev–Trinajstić information content (AvgIpc) is 3.31. The highest BCUT2D eigenvalue weighted by atomic mass is 16.4. The van der Waals surface area contributed by atoms with Gasteiger partial charge < -0.3 is 19.3 Å². The van der Waals surface area contributed by atoms with Gasteiger partial charge in [-0.2, -0.15) is 0 Å². The Bertz CT molecular complexity index is 1670. The number of benzene rings is 3. The fraction of sp³-hybridized carbons (Fsp3) is 0.138. The van der Waals surface area contributed by atoms with Gasteiger partial charge in [0.05, 0.1) is 18.2 Å². The van der Waals surface area contributed by atoms with Crippen molar-refractivity contribution in [3.8, 4) is 11.1 Å². The number of aryl methyl sites for hydroxylation is 2. The molecule has 5 aromatic rings. The monoisotopic (exact) mass is 481 g/mol. The summed E-state index contributed by atoms with van der Waals surface area (Å²) in [6.07, 6.45) is 1.37. The predicted molar refractivity (Wildman–Crippen MR) is 136 cm³/mol. The highest BCUT2D eigenvalue weighted by molar-refractivity contribution is 6.05. The Kier molecular flexibility index (Phi) is 5.90. The van der Waals surface area contributed by atoms with Gasteiger partial charge in [-0.25, -0.2) is 9.59 Å². The van der Waals surface area contributed by atoms with E-state index in [1.165, 1.54) is 0 Å². The van der Waals surface area contributed by atoms with E-state index in [2.05, 4.69) is 5.32 Å². The van der Waals surface area contributed by atoms with Crippen LogP contribution in [-0.2, 0) is 16.0 Å². The first-order valence-electron chi connectivity index (χ1n) is 11.4. The van der Waals surface area contributed by atoms with E-state index in [9.17, 15) is 19.5 Å². The predicted octanol–water partition coefficient (Wildman–Crippen LogP) is 5.31. The molecule has 3 aromatic carbocycles. The summed E-state index contributed by atoms with van der Waals surface area (Å²) in [5.41, 5.74) is 4.20. The lowest BCUT2D eigenvalue weighted by Gasteiger charge is -2.15. The van der Waals surface area contributed by atoms with Crippen LogP contribution in [0.5, 0.6) is 0 Å². The van der Waals surface area contributed by atoms with Gasteiger partial charge in [-0.3, -0.25) is 4.79 Å². The second kappa shape index (κ2) is 9.19. The van der Waals surface area contributed by atoms with Gasteiger partial charge >= 0.3 is 11.6 Å². The molecule has 0 fully saturated rings. The molecule has 36 heavy (non-hydrogen) atoms. The normalized spacial score (nSPS) is 12.1. The first-order chi connectivity index (χ1) is 17.3. The number of carbonyl (C=O) groups is 2. The van der Waals surface area contributed by atoms with E-state index in [0.29, 0.717) is 33.2 Å². The van der Waals surface area contributed by atoms with Gasteiger partial charge in [-0.1, -0.05) is 60.7 Å². The van der Waals surface area contributed by atoms with Crippen molar-refractivity contribution in [2.75, 3.05) is 0 Å². The molecule has 2 heterocycles. The van der Waals surface area contributed by atoms with Crippen molar-refractivity contribution in [1.82, 2.24) is 5.32 Å². The first kappa shape index (κ1) is 23.1. The lowest BCUT2D eigenvalue weighted by molar-refractivity contribution is -0.142. The number of carboxylic acids is 1. The van der Waals surface area contributed by atoms with Gasteiger partial charge in [-0.15, -0.1) is 0 Å². The minimum Gasteiger partial charge on any atom is -0.479 e. The van der Waals surface area contributed by atoms with Crippen LogP contribution < -0.4 is 10.9 Å². The highest BCUT2D eigenvalue weighted by Crippen LogP contribution is 2.37. The Morgan fingerprint density at radius 1 is 0.917 bits per heavy atom. The smallest absolute Gasteiger partial charge is 0.340 e. The van der Waals surface area contributed by atoms with E-state index in [0.717, 1.165) is 16.5 Å². The maximum absolute atomic E-state index is 12.9. The lowest BCUT2D eigenvalue weighted by Crippen LogP contribution is -2.35. The maximum atomic E-state index is 12.9. The number of hydrogen-bond acceptors (Lipinski definition) is 5. The molecule has 0 saturated heterocycles. The van der Waals surface area contributed by atoms with Crippen molar-refractivity contribution in [1.29, 1.82) is 0 Å². The molecule has 0 saturated carbocycles. The standard InChI is InChI=1S/C29H23NO6/c1-16-20-13-22-23(18-9-5-3-6-10-18)15-35-26(22)17(2)27(20)36-29(34)21(16)14-24(31)30-25(28(32)33)19-11-7-4-8-12-19/h3-13,15,25H,14H2,1-2H3,(H,30,31)(H,32,33). The number of carboxylic acid groups (broad SMARTS) is 1. The average molecular weight is 482 g/mol. The molecule has 0 spiro atoms. The highest BCUT2D eigenvalue weighted by Gasteiger charge is 2.24. The summed E-state index contributed by atoms with van der Waals surface area (Å²) in [6, 6.07) is 18.9. The molecular formula is C29H23NO6. The van der Waals surface area contributed by atoms with Crippen molar-refractivity contribution in [2.45, 2.75) is 26.3 Å². The zero-order chi connectivity index (χ0) is 25.4. The van der Waals surface area contributed by atoms with Crippen LogP contribution in [-0.4, -0.2) is 17.0 Å². The van der Waals surface area contributed by atoms with Gasteiger partial charge in [0.15, 0.2) is 6.04 Å². The summed E-state index contributed by atoms with van der Waals surface area (Å²) in [5, 5.41) is 13.7. The number of hydrogen-bond donors (Lipinski definition) is 2. The van der Waals surface area contributed by atoms with Crippen LogP contribution in [0.2, 0.25) is 0 Å². The number of furan rings is 1. The van der Waals surface area contributed by atoms with E-state index in [4.69, 9.17) is 8.83 Å². The number of nitrogens with one attached hydrogen (secondary N) is 1. The molecule has 1 atom stereocenters. The Morgan fingerprint density at radius 3 is 2.25 bits per heavy atom. The SMILES string of the molecule is Cc1c(CC(=O)NC(C(=O)O)c2ccccc2)c(=O)oc2c(C)c3occ(-c4ccccc4)c3cc12. The van der Waals surface area contributed by atoms with Crippen LogP contribution in [0.3, 0.4) is 0 Å². The summed E-state index contributed by atoms with van der Waals surface area (Å²) >= 11 is 0. The molecule has 2 aromatic heterocycles. The van der Waals surface area contributed by atoms with Crippen LogP contribution in [0, 0.1) is 13.8 Å². The molecule has 180 valence electrons. The lowest BCUT2D eigenvalue weighted by atomic mass is 9.97. The van der Waals surface area contributed by atoms with Gasteiger partial charge in [0.2, 0.25) is 5.91 Å². The zero-order valence-corrected chi connectivity index (χ0v) is 19.7. The van der Waals surface area contributed by atoms with Crippen LogP contribution in [0.1, 0.15) is 28.3 Å². The van der Waals surface area contributed by atoms with Gasteiger partial charge in [0.25, 0.3) is 0 Å². The summed E-state index contributed by atoms with van der Waals surface area (Å²) in [4.78, 5) is 37.5. The third kappa shape index (κ3) is 4.05. The Labute approximate surface area is 206 Å². The van der Waals surface area contributed by atoms with E-state index >= 15 is 0 Å². The van der Waals surface area contributed by atoms with Crippen molar-refractivity contribution < 1.29 is 23.5 Å². The molecule has 2 N–H and O–H groups in total. The summed E-state index contributed by atoms with van der Waals surface area (Å²) in [5.74, 6) is -1.78. The number of rotatable bonds is 6. The largest absolute Gasteiger partial charge is 0.479 e. The number of fused-ring (bicyclic) bond motifs is 2. The van der Waals surface area contributed by atoms with Crippen LogP contribution in [0.25, 0.3) is 33.1 Å². The van der Waals surface area contributed by atoms with Crippen LogP contribution in [0.4, 0.5) is 0 Å². The third-order valence-corrected chi connectivity index (χ3v) is 6.45. The summed E-state index contributed by atoms with van der Waals surface area (Å²) in [6.45, 7) is 3.59. The van der Waals surface area contributed by atoms with Gasteiger partial charge in [0, 0.05) is 21.9 Å². The van der Waals surface area contributed by atoms with E-state index < -0.39 is 23.5 Å². The van der Waals surface area contributed by atoms with Crippen molar-refractivity contribution in [3.05, 3.63) is 106 Å². The fourth-order valence-corrected chi connectivity index (χ4v) is 4.55. The van der Waals surface area contributed by atoms with Crippen molar-refractivity contribution in [3.63, 3.8) is 0 Å². The third-order valence-electron chi connectivity index (χ3n) is 6.45. The minimum atomic E-state index is -1.23. The van der Waals surface area contributed by atoms with Crippen molar-refractivity contribution in [2.24, 2.45) is 0 Å². The molecule has 0 aliphatic heterocycles. The quantitative estimate of drug-likeness (QED) is 0.318. The number of carbonyl (C=O) groups excluding carboxylic acids is 1. The molecule has 7 nitrogen and oxygen atoms in total. The second-order valence-electron chi connectivity index (χ2n) is 8.69. The minimum absolute atomic E-state index is 0.181. The van der Waals surface area contributed by atoms with Gasteiger partial charge in [-0.05, 0) is 36.6 Å². The molecule has 5 rings (SSSR count). The van der Waals surface area contributed by atoms with E-state index in [-0.39, 0.29) is 12.0 Å². The Morgan fingerprint density at radius 2 is 1.58 bits per heavy atom. The summed E-state index contributed by atoms with van der Waals surface area (Å²) < 4.78 is 11.5. The Hall–Kier alpha value is -4.65. The van der Waals surface area contributed by atoms with Crippen LogP contribution >= 0.6 is 0 Å². The van der Waals surface area contributed by atoms with Gasteiger partial charge in [0.1, 0.15) is 11.2 Å². The molecule has 7 heteroatoms. The van der Waals surface area contributed by atoms with Crippen LogP contribution in [0.15, 0.2) is 86.6 Å². The zero-order valence-electron chi connectivity index (χ0n) is 19.7. The Balaban J connectivity index is 1.55. The number of amides is 1. The number of aliphatic carboxylic acids is 1. The van der Waals surface area contributed by atoms with E-state index in [1.54, 1.807) is 43.5 Å². The molecule has 0 aliphatic carbocycles. The molecule has 0 bridgehead atoms. The molecule has 0 radical (unpaired) electrons. The molecule has 1 amide bonds. The molecule has 0 aliphatic rings. The first-order valence-corrected chi connectivity index (χ1v) is 11.4. The fourth-order valence-electron chi connectivity index (χ4n) is 4.55. The van der Waals surface area contributed by atoms with Crippen molar-refractivity contribution >= 4 is 33.8 Å².